The van der Waals surface area contributed by atoms with E-state index in [1.165, 1.54) is 0 Å². The molecular formula is C16H22N2O3S. The predicted molar refractivity (Wildman–Crippen MR) is 85.4 cm³/mol. The summed E-state index contributed by atoms with van der Waals surface area (Å²) in [5, 5.41) is 0. The Morgan fingerprint density at radius 2 is 2.09 bits per heavy atom. The summed E-state index contributed by atoms with van der Waals surface area (Å²) in [6, 6.07) is 3.97. The average Bonchev–Trinajstić information content (AvgIpc) is 3.10. The average molecular weight is 322 g/mol. The zero-order chi connectivity index (χ0) is 15.2. The van der Waals surface area contributed by atoms with Crippen molar-refractivity contribution in [1.29, 1.82) is 0 Å². The maximum atomic E-state index is 12.2. The number of carbonyl (C=O) groups is 1. The second-order valence-electron chi connectivity index (χ2n) is 5.68. The number of carbonyl (C=O) groups excluding carboxylic acids is 1. The molecule has 0 bridgehead atoms. The van der Waals surface area contributed by atoms with E-state index in [4.69, 9.17) is 9.47 Å². The van der Waals surface area contributed by atoms with Gasteiger partial charge in [-0.05, 0) is 24.5 Å². The van der Waals surface area contributed by atoms with Crippen LogP contribution in [0.15, 0.2) is 24.5 Å². The van der Waals surface area contributed by atoms with Crippen LogP contribution in [0.2, 0.25) is 0 Å². The maximum Gasteiger partial charge on any atom is 0.232 e. The summed E-state index contributed by atoms with van der Waals surface area (Å²) < 4.78 is 11.1. The van der Waals surface area contributed by atoms with E-state index in [0.29, 0.717) is 24.9 Å². The third-order valence-corrected chi connectivity index (χ3v) is 5.13. The van der Waals surface area contributed by atoms with Crippen molar-refractivity contribution in [2.75, 3.05) is 32.1 Å². The Kier molecular flexibility index (Phi) is 5.70. The number of piperidine rings is 1. The van der Waals surface area contributed by atoms with Crippen molar-refractivity contribution in [2.24, 2.45) is 5.92 Å². The molecule has 0 aliphatic carbocycles. The van der Waals surface area contributed by atoms with Gasteiger partial charge in [0.2, 0.25) is 5.91 Å². The highest BCUT2D eigenvalue weighted by Crippen LogP contribution is 2.26. The number of ether oxygens (including phenoxy) is 2. The van der Waals surface area contributed by atoms with Gasteiger partial charge in [0.1, 0.15) is 0 Å². The van der Waals surface area contributed by atoms with Crippen LogP contribution in [0.25, 0.3) is 0 Å². The zero-order valence-electron chi connectivity index (χ0n) is 12.6. The number of nitrogens with zero attached hydrogens (tertiary/aromatic N) is 2. The molecular weight excluding hydrogens is 300 g/mol. The second-order valence-corrected chi connectivity index (χ2v) is 6.67. The fourth-order valence-corrected chi connectivity index (χ4v) is 3.77. The first-order chi connectivity index (χ1) is 10.8. The van der Waals surface area contributed by atoms with Crippen molar-refractivity contribution in [3.8, 4) is 0 Å². The first-order valence-electron chi connectivity index (χ1n) is 7.80. The molecule has 120 valence electrons. The molecule has 6 heteroatoms. The van der Waals surface area contributed by atoms with Crippen LogP contribution in [0.5, 0.6) is 0 Å². The van der Waals surface area contributed by atoms with Gasteiger partial charge in [-0.15, -0.1) is 11.8 Å². The number of thioether (sulfide) groups is 1. The number of hydrogen-bond acceptors (Lipinski definition) is 5. The summed E-state index contributed by atoms with van der Waals surface area (Å²) >= 11 is 1.65. The molecule has 0 spiro atoms. The van der Waals surface area contributed by atoms with E-state index in [1.54, 1.807) is 18.0 Å². The Bertz CT molecular complexity index is 472. The Balaban J connectivity index is 1.36. The number of amides is 1. The van der Waals surface area contributed by atoms with Crippen LogP contribution in [0.4, 0.5) is 0 Å². The van der Waals surface area contributed by atoms with Crippen molar-refractivity contribution in [3.63, 3.8) is 0 Å². The lowest BCUT2D eigenvalue weighted by Gasteiger charge is -2.33. The van der Waals surface area contributed by atoms with Gasteiger partial charge in [0.25, 0.3) is 0 Å². The van der Waals surface area contributed by atoms with Crippen LogP contribution in [0.1, 0.15) is 18.4 Å². The van der Waals surface area contributed by atoms with Crippen LogP contribution in [0, 0.1) is 5.92 Å². The molecule has 0 N–H and O–H groups in total. The standard InChI is InChI=1S/C16H22N2O3S/c19-15(12-22-11-13-2-1-5-17-10-13)18-6-3-14(4-7-18)16-20-8-9-21-16/h1-2,5,10,14,16H,3-4,6-9,11-12H2. The van der Waals surface area contributed by atoms with E-state index in [1.807, 2.05) is 23.2 Å². The predicted octanol–water partition coefficient (Wildman–Crippen LogP) is 1.93. The molecule has 22 heavy (non-hydrogen) atoms. The van der Waals surface area contributed by atoms with Crippen LogP contribution >= 0.6 is 11.8 Å². The van der Waals surface area contributed by atoms with Crippen LogP contribution < -0.4 is 0 Å². The molecule has 0 saturated carbocycles. The van der Waals surface area contributed by atoms with Crippen molar-refractivity contribution in [2.45, 2.75) is 24.9 Å². The van der Waals surface area contributed by atoms with Crippen LogP contribution in [0.3, 0.4) is 0 Å². The Morgan fingerprint density at radius 3 is 2.77 bits per heavy atom. The SMILES string of the molecule is O=C(CSCc1cccnc1)N1CCC(C2OCCO2)CC1. The topological polar surface area (TPSA) is 51.7 Å². The van der Waals surface area contributed by atoms with E-state index < -0.39 is 0 Å². The zero-order valence-corrected chi connectivity index (χ0v) is 13.5. The van der Waals surface area contributed by atoms with E-state index in [0.717, 1.165) is 37.2 Å². The summed E-state index contributed by atoms with van der Waals surface area (Å²) in [7, 11) is 0. The minimum Gasteiger partial charge on any atom is -0.350 e. The molecule has 1 amide bonds. The fraction of sp³-hybridized carbons (Fsp3) is 0.625. The third kappa shape index (κ3) is 4.21. The Morgan fingerprint density at radius 1 is 1.32 bits per heavy atom. The lowest BCUT2D eigenvalue weighted by Crippen LogP contribution is -2.42. The number of pyridine rings is 1. The first-order valence-corrected chi connectivity index (χ1v) is 8.96. The summed E-state index contributed by atoms with van der Waals surface area (Å²) in [5.74, 6) is 2.05. The summed E-state index contributed by atoms with van der Waals surface area (Å²) in [6.07, 6.45) is 5.52. The van der Waals surface area contributed by atoms with E-state index in [2.05, 4.69) is 4.98 Å². The molecule has 2 fully saturated rings. The molecule has 1 aromatic rings. The summed E-state index contributed by atoms with van der Waals surface area (Å²) in [5.41, 5.74) is 1.16. The highest BCUT2D eigenvalue weighted by atomic mass is 32.2. The molecule has 0 unspecified atom stereocenters. The number of rotatable bonds is 5. The van der Waals surface area contributed by atoms with Gasteiger partial charge in [0.05, 0.1) is 19.0 Å². The monoisotopic (exact) mass is 322 g/mol. The van der Waals surface area contributed by atoms with Crippen LogP contribution in [-0.2, 0) is 20.0 Å². The van der Waals surface area contributed by atoms with Gasteiger partial charge in [0, 0.05) is 37.2 Å². The molecule has 2 aliphatic rings. The molecule has 0 atom stereocenters. The quantitative estimate of drug-likeness (QED) is 0.829. The molecule has 5 nitrogen and oxygen atoms in total. The van der Waals surface area contributed by atoms with E-state index in [-0.39, 0.29) is 12.2 Å². The van der Waals surface area contributed by atoms with Crippen LogP contribution in [-0.4, -0.2) is 54.1 Å². The van der Waals surface area contributed by atoms with Crippen molar-refractivity contribution >= 4 is 17.7 Å². The summed E-state index contributed by atoms with van der Waals surface area (Å²) in [6.45, 7) is 3.05. The second kappa shape index (κ2) is 7.94. The number of aromatic nitrogens is 1. The smallest absolute Gasteiger partial charge is 0.232 e. The Labute approximate surface area is 135 Å². The maximum absolute atomic E-state index is 12.2. The third-order valence-electron chi connectivity index (χ3n) is 4.14. The normalized spacial score (nSPS) is 20.5. The molecule has 2 saturated heterocycles. The minimum absolute atomic E-state index is 0.0443. The van der Waals surface area contributed by atoms with Gasteiger partial charge in [-0.3, -0.25) is 9.78 Å². The lowest BCUT2D eigenvalue weighted by molar-refractivity contribution is -0.134. The molecule has 2 aliphatic heterocycles. The van der Waals surface area contributed by atoms with Crippen molar-refractivity contribution in [1.82, 2.24) is 9.88 Å². The fourth-order valence-electron chi connectivity index (χ4n) is 2.90. The van der Waals surface area contributed by atoms with Gasteiger partial charge in [-0.25, -0.2) is 0 Å². The van der Waals surface area contributed by atoms with E-state index in [9.17, 15) is 4.79 Å². The van der Waals surface area contributed by atoms with Gasteiger partial charge in [0.15, 0.2) is 6.29 Å². The van der Waals surface area contributed by atoms with Gasteiger partial charge < -0.3 is 14.4 Å². The molecule has 3 heterocycles. The number of hydrogen-bond donors (Lipinski definition) is 0. The van der Waals surface area contributed by atoms with Gasteiger partial charge >= 0.3 is 0 Å². The van der Waals surface area contributed by atoms with E-state index >= 15 is 0 Å². The highest BCUT2D eigenvalue weighted by Gasteiger charge is 2.31. The minimum atomic E-state index is -0.0443. The molecule has 1 aromatic heterocycles. The van der Waals surface area contributed by atoms with Crippen molar-refractivity contribution in [3.05, 3.63) is 30.1 Å². The lowest BCUT2D eigenvalue weighted by atomic mass is 9.96. The van der Waals surface area contributed by atoms with Gasteiger partial charge in [-0.1, -0.05) is 6.07 Å². The summed E-state index contributed by atoms with van der Waals surface area (Å²) in [4.78, 5) is 18.3. The highest BCUT2D eigenvalue weighted by molar-refractivity contribution is 7.99. The molecule has 0 radical (unpaired) electrons. The molecule has 3 rings (SSSR count). The van der Waals surface area contributed by atoms with Gasteiger partial charge in [-0.2, -0.15) is 0 Å². The van der Waals surface area contributed by atoms with Crippen molar-refractivity contribution < 1.29 is 14.3 Å². The number of likely N-dealkylation sites (tertiary alicyclic amines) is 1. The first kappa shape index (κ1) is 15.8. The largest absolute Gasteiger partial charge is 0.350 e. The Hall–Kier alpha value is -1.11. The molecule has 0 aromatic carbocycles.